The molecular formula is C14H11N5O. The zero-order valence-corrected chi connectivity index (χ0v) is 10.5. The molecule has 0 fully saturated rings. The van der Waals surface area contributed by atoms with Crippen molar-refractivity contribution < 1.29 is 5.11 Å². The highest BCUT2D eigenvalue weighted by molar-refractivity contribution is 5.82. The van der Waals surface area contributed by atoms with Gasteiger partial charge < -0.3 is 15.1 Å². The van der Waals surface area contributed by atoms with Gasteiger partial charge in [0.05, 0.1) is 12.0 Å². The summed E-state index contributed by atoms with van der Waals surface area (Å²) in [4.78, 5) is 18.5. The van der Waals surface area contributed by atoms with Crippen molar-refractivity contribution in [2.75, 3.05) is 0 Å². The number of fused-ring (bicyclic) bond motifs is 2. The van der Waals surface area contributed by atoms with Gasteiger partial charge in [0.25, 0.3) is 0 Å². The molecule has 0 unspecified atom stereocenters. The van der Waals surface area contributed by atoms with E-state index < -0.39 is 0 Å². The van der Waals surface area contributed by atoms with Crippen LogP contribution in [0, 0.1) is 0 Å². The monoisotopic (exact) mass is 265 g/mol. The molecular weight excluding hydrogens is 254 g/mol. The Labute approximate surface area is 113 Å². The summed E-state index contributed by atoms with van der Waals surface area (Å²) in [6, 6.07) is 7.72. The van der Waals surface area contributed by atoms with Crippen molar-refractivity contribution in [3.8, 4) is 5.88 Å². The molecule has 6 heteroatoms. The Hall–Kier alpha value is -2.89. The van der Waals surface area contributed by atoms with Crippen molar-refractivity contribution in [3.05, 3.63) is 48.2 Å². The summed E-state index contributed by atoms with van der Waals surface area (Å²) in [6.45, 7) is 0. The van der Waals surface area contributed by atoms with Gasteiger partial charge in [-0.25, -0.2) is 15.0 Å². The highest BCUT2D eigenvalue weighted by atomic mass is 16.3. The lowest BCUT2D eigenvalue weighted by molar-refractivity contribution is 0.458. The number of imidazole rings is 1. The van der Waals surface area contributed by atoms with Crippen LogP contribution >= 0.6 is 0 Å². The van der Waals surface area contributed by atoms with Gasteiger partial charge in [-0.15, -0.1) is 0 Å². The average molecular weight is 265 g/mol. The first kappa shape index (κ1) is 11.0. The van der Waals surface area contributed by atoms with Crippen LogP contribution < -0.4 is 0 Å². The van der Waals surface area contributed by atoms with Crippen LogP contribution in [0.2, 0.25) is 0 Å². The maximum Gasteiger partial charge on any atom is 0.189 e. The van der Waals surface area contributed by atoms with E-state index in [0.29, 0.717) is 12.1 Å². The Morgan fingerprint density at radius 3 is 3.00 bits per heavy atom. The highest BCUT2D eigenvalue weighted by Gasteiger charge is 2.08. The van der Waals surface area contributed by atoms with Crippen LogP contribution in [-0.2, 0) is 6.42 Å². The number of benzene rings is 1. The molecule has 0 radical (unpaired) electrons. The molecule has 4 aromatic rings. The first-order valence-electron chi connectivity index (χ1n) is 6.23. The molecule has 0 saturated carbocycles. The topological polar surface area (TPSA) is 90.5 Å². The normalized spacial score (nSPS) is 11.4. The van der Waals surface area contributed by atoms with E-state index in [2.05, 4.69) is 24.9 Å². The molecule has 0 bridgehead atoms. The van der Waals surface area contributed by atoms with Crippen molar-refractivity contribution in [1.82, 2.24) is 24.9 Å². The van der Waals surface area contributed by atoms with Gasteiger partial charge in [0.2, 0.25) is 0 Å². The number of aromatic amines is 2. The van der Waals surface area contributed by atoms with Gasteiger partial charge >= 0.3 is 0 Å². The maximum absolute atomic E-state index is 9.46. The zero-order chi connectivity index (χ0) is 13.5. The summed E-state index contributed by atoms with van der Waals surface area (Å²) in [6.07, 6.45) is 3.83. The molecule has 6 nitrogen and oxygen atoms in total. The SMILES string of the molecule is Oc1cc2cc(Cc3ncnc4nc[nH]c34)ccc2[nH]1. The lowest BCUT2D eigenvalue weighted by Crippen LogP contribution is -1.95. The van der Waals surface area contributed by atoms with Gasteiger partial charge in [-0.2, -0.15) is 0 Å². The van der Waals surface area contributed by atoms with Crippen LogP contribution in [0.4, 0.5) is 0 Å². The van der Waals surface area contributed by atoms with Gasteiger partial charge in [0.1, 0.15) is 11.8 Å². The first-order valence-corrected chi connectivity index (χ1v) is 6.23. The van der Waals surface area contributed by atoms with Gasteiger partial charge in [0, 0.05) is 23.4 Å². The van der Waals surface area contributed by atoms with Gasteiger partial charge in [-0.05, 0) is 17.7 Å². The number of rotatable bonds is 2. The second-order valence-corrected chi connectivity index (χ2v) is 4.67. The van der Waals surface area contributed by atoms with E-state index in [-0.39, 0.29) is 5.88 Å². The fraction of sp³-hybridized carbons (Fsp3) is 0.0714. The van der Waals surface area contributed by atoms with Gasteiger partial charge in [0.15, 0.2) is 11.5 Å². The number of nitrogens with zero attached hydrogens (tertiary/aromatic N) is 3. The molecule has 1 aromatic carbocycles. The van der Waals surface area contributed by atoms with E-state index in [9.17, 15) is 5.11 Å². The van der Waals surface area contributed by atoms with Gasteiger partial charge in [-0.1, -0.05) is 6.07 Å². The molecule has 0 aliphatic rings. The predicted octanol–water partition coefficient (Wildman–Crippen LogP) is 2.13. The van der Waals surface area contributed by atoms with Crippen molar-refractivity contribution in [2.45, 2.75) is 6.42 Å². The average Bonchev–Trinajstić information content (AvgIpc) is 3.03. The lowest BCUT2D eigenvalue weighted by Gasteiger charge is -2.02. The second kappa shape index (κ2) is 4.06. The molecule has 3 heterocycles. The number of aromatic nitrogens is 5. The number of H-pyrrole nitrogens is 2. The minimum absolute atomic E-state index is 0.176. The van der Waals surface area contributed by atoms with E-state index in [1.807, 2.05) is 18.2 Å². The van der Waals surface area contributed by atoms with Crippen molar-refractivity contribution >= 4 is 22.1 Å². The molecule has 0 aliphatic carbocycles. The van der Waals surface area contributed by atoms with Crippen LogP contribution in [0.5, 0.6) is 5.88 Å². The molecule has 98 valence electrons. The van der Waals surface area contributed by atoms with Crippen LogP contribution in [0.25, 0.3) is 22.1 Å². The minimum Gasteiger partial charge on any atom is -0.495 e. The molecule has 20 heavy (non-hydrogen) atoms. The summed E-state index contributed by atoms with van der Waals surface area (Å²) in [5.74, 6) is 0.176. The van der Waals surface area contributed by atoms with Crippen LogP contribution in [0.15, 0.2) is 36.9 Å². The standard InChI is InChI=1S/C14H11N5O/c20-12-5-9-3-8(1-2-10(9)19-12)4-11-13-14(17-6-15-11)18-7-16-13/h1-3,5-7,19-20H,4H2,(H,15,16,17,18). The summed E-state index contributed by atoms with van der Waals surface area (Å²) in [5, 5.41) is 10.4. The number of nitrogens with one attached hydrogen (secondary N) is 2. The number of aromatic hydroxyl groups is 1. The van der Waals surface area contributed by atoms with Crippen LogP contribution in [-0.4, -0.2) is 30.0 Å². The molecule has 4 rings (SSSR count). The summed E-state index contributed by atoms with van der Waals surface area (Å²) >= 11 is 0. The third-order valence-electron chi connectivity index (χ3n) is 3.34. The third kappa shape index (κ3) is 1.70. The van der Waals surface area contributed by atoms with Crippen molar-refractivity contribution in [2.24, 2.45) is 0 Å². The van der Waals surface area contributed by atoms with E-state index >= 15 is 0 Å². The predicted molar refractivity (Wildman–Crippen MR) is 74.5 cm³/mol. The molecule has 0 saturated heterocycles. The van der Waals surface area contributed by atoms with E-state index in [4.69, 9.17) is 0 Å². The molecule has 0 aliphatic heterocycles. The van der Waals surface area contributed by atoms with Gasteiger partial charge in [-0.3, -0.25) is 0 Å². The first-order chi connectivity index (χ1) is 9.79. The largest absolute Gasteiger partial charge is 0.495 e. The Morgan fingerprint density at radius 1 is 1.10 bits per heavy atom. The van der Waals surface area contributed by atoms with E-state index in [1.165, 1.54) is 6.33 Å². The van der Waals surface area contributed by atoms with Crippen LogP contribution in [0.3, 0.4) is 0 Å². The Balaban J connectivity index is 1.78. The molecule has 3 N–H and O–H groups in total. The Bertz CT molecular complexity index is 908. The summed E-state index contributed by atoms with van der Waals surface area (Å²) in [5.41, 5.74) is 4.48. The molecule has 0 spiro atoms. The molecule has 0 atom stereocenters. The smallest absolute Gasteiger partial charge is 0.189 e. The number of hydrogen-bond acceptors (Lipinski definition) is 4. The Morgan fingerprint density at radius 2 is 2.05 bits per heavy atom. The highest BCUT2D eigenvalue weighted by Crippen LogP contribution is 2.22. The fourth-order valence-corrected chi connectivity index (χ4v) is 2.42. The van der Waals surface area contributed by atoms with E-state index in [0.717, 1.165) is 27.7 Å². The maximum atomic E-state index is 9.46. The minimum atomic E-state index is 0.176. The number of hydrogen-bond donors (Lipinski definition) is 3. The molecule has 3 aromatic heterocycles. The second-order valence-electron chi connectivity index (χ2n) is 4.67. The van der Waals surface area contributed by atoms with E-state index in [1.54, 1.807) is 12.4 Å². The fourth-order valence-electron chi connectivity index (χ4n) is 2.42. The summed E-state index contributed by atoms with van der Waals surface area (Å²) < 4.78 is 0. The third-order valence-corrected chi connectivity index (χ3v) is 3.34. The quantitative estimate of drug-likeness (QED) is 0.518. The van der Waals surface area contributed by atoms with Crippen molar-refractivity contribution in [3.63, 3.8) is 0 Å². The zero-order valence-electron chi connectivity index (χ0n) is 10.5. The lowest BCUT2D eigenvalue weighted by atomic mass is 10.1. The molecule has 0 amide bonds. The van der Waals surface area contributed by atoms with Crippen LogP contribution in [0.1, 0.15) is 11.3 Å². The summed E-state index contributed by atoms with van der Waals surface area (Å²) in [7, 11) is 0. The van der Waals surface area contributed by atoms with Crippen molar-refractivity contribution in [1.29, 1.82) is 0 Å². The Kier molecular flexibility index (Phi) is 2.23.